The highest BCUT2D eigenvalue weighted by Crippen LogP contribution is 2.23. The van der Waals surface area contributed by atoms with Crippen LogP contribution in [0.4, 0.5) is 23.1 Å². The molecule has 2 N–H and O–H groups in total. The molecule has 0 bridgehead atoms. The molecule has 1 aliphatic heterocycles. The molecule has 2 aromatic carbocycles. The number of nitrogens with one attached hydrogen (secondary N) is 2. The lowest BCUT2D eigenvalue weighted by molar-refractivity contribution is 0.102. The number of nitrogens with zero attached hydrogens (tertiary/aromatic N) is 3. The van der Waals surface area contributed by atoms with Gasteiger partial charge in [0, 0.05) is 41.8 Å². The van der Waals surface area contributed by atoms with Crippen LogP contribution in [-0.2, 0) is 0 Å². The summed E-state index contributed by atoms with van der Waals surface area (Å²) >= 11 is 0. The second-order valence-corrected chi connectivity index (χ2v) is 8.21. The number of amides is 1. The molecule has 1 fully saturated rings. The number of carbonyl (C=O) groups excluding carboxylic acids is 1. The molecule has 0 aliphatic carbocycles. The van der Waals surface area contributed by atoms with Crippen molar-refractivity contribution in [1.82, 2.24) is 9.97 Å². The van der Waals surface area contributed by atoms with Crippen LogP contribution in [0.2, 0.25) is 0 Å². The fourth-order valence-electron chi connectivity index (χ4n) is 3.84. The molecule has 31 heavy (non-hydrogen) atoms. The Morgan fingerprint density at radius 1 is 0.871 bits per heavy atom. The van der Waals surface area contributed by atoms with E-state index in [0.717, 1.165) is 47.1 Å². The van der Waals surface area contributed by atoms with E-state index in [9.17, 15) is 4.79 Å². The van der Waals surface area contributed by atoms with E-state index in [1.54, 1.807) is 0 Å². The molecule has 160 valence electrons. The maximum Gasteiger partial charge on any atom is 0.255 e. The molecule has 1 amide bonds. The highest BCUT2D eigenvalue weighted by Gasteiger charge is 2.14. The number of aryl methyl sites for hydroxylation is 3. The summed E-state index contributed by atoms with van der Waals surface area (Å²) in [5, 5.41) is 6.27. The Labute approximate surface area is 183 Å². The van der Waals surface area contributed by atoms with Crippen molar-refractivity contribution in [3.63, 3.8) is 0 Å². The number of hydrogen-bond donors (Lipinski definition) is 2. The van der Waals surface area contributed by atoms with E-state index in [0.29, 0.717) is 11.5 Å². The molecule has 0 saturated carbocycles. The topological polar surface area (TPSA) is 70.2 Å². The lowest BCUT2D eigenvalue weighted by atomic mass is 10.1. The molecular formula is C25H29N5O. The molecule has 1 saturated heterocycles. The molecule has 6 heteroatoms. The van der Waals surface area contributed by atoms with Crippen LogP contribution >= 0.6 is 0 Å². The summed E-state index contributed by atoms with van der Waals surface area (Å²) in [6, 6.07) is 15.5. The molecular weight excluding hydrogens is 386 g/mol. The first-order valence-corrected chi connectivity index (χ1v) is 10.8. The fraction of sp³-hybridized carbons (Fsp3) is 0.320. The first-order valence-electron chi connectivity index (χ1n) is 10.8. The van der Waals surface area contributed by atoms with Gasteiger partial charge in [0.25, 0.3) is 5.91 Å². The van der Waals surface area contributed by atoms with E-state index in [2.05, 4.69) is 20.5 Å². The number of benzene rings is 2. The van der Waals surface area contributed by atoms with E-state index in [1.807, 2.05) is 69.3 Å². The Morgan fingerprint density at radius 2 is 1.58 bits per heavy atom. The van der Waals surface area contributed by atoms with Gasteiger partial charge >= 0.3 is 0 Å². The van der Waals surface area contributed by atoms with Crippen LogP contribution in [0.3, 0.4) is 0 Å². The predicted molar refractivity (Wildman–Crippen MR) is 126 cm³/mol. The Morgan fingerprint density at radius 3 is 2.32 bits per heavy atom. The van der Waals surface area contributed by atoms with E-state index in [-0.39, 0.29) is 5.91 Å². The lowest BCUT2D eigenvalue weighted by Crippen LogP contribution is -2.30. The van der Waals surface area contributed by atoms with Crippen molar-refractivity contribution in [1.29, 1.82) is 0 Å². The summed E-state index contributed by atoms with van der Waals surface area (Å²) in [7, 11) is 0. The molecule has 0 radical (unpaired) electrons. The molecule has 1 aliphatic rings. The number of aromatic nitrogens is 2. The van der Waals surface area contributed by atoms with Crippen molar-refractivity contribution in [3.8, 4) is 0 Å². The summed E-state index contributed by atoms with van der Waals surface area (Å²) in [4.78, 5) is 24.2. The van der Waals surface area contributed by atoms with Crippen molar-refractivity contribution < 1.29 is 4.79 Å². The minimum absolute atomic E-state index is 0.102. The number of carbonyl (C=O) groups is 1. The Hall–Kier alpha value is -3.41. The van der Waals surface area contributed by atoms with Gasteiger partial charge in [-0.3, -0.25) is 4.79 Å². The average Bonchev–Trinajstić information content (AvgIpc) is 2.77. The zero-order chi connectivity index (χ0) is 21.8. The Bertz CT molecular complexity index is 1070. The second-order valence-electron chi connectivity index (χ2n) is 8.21. The standard InChI is InChI=1S/C25H29N5O/c1-17-7-8-18(2)22(15-17)24(31)27-20-9-11-21(12-10-20)28-25-26-19(3)16-23(29-25)30-13-5-4-6-14-30/h7-12,15-16H,4-6,13-14H2,1-3H3,(H,27,31)(H,26,28,29). The Kier molecular flexibility index (Phi) is 6.16. The molecule has 3 aromatic rings. The maximum absolute atomic E-state index is 12.6. The third-order valence-electron chi connectivity index (χ3n) is 5.56. The van der Waals surface area contributed by atoms with Crippen molar-refractivity contribution in [3.05, 3.63) is 70.9 Å². The van der Waals surface area contributed by atoms with Gasteiger partial charge in [-0.1, -0.05) is 17.7 Å². The van der Waals surface area contributed by atoms with Gasteiger partial charge in [0.05, 0.1) is 0 Å². The number of piperidine rings is 1. The highest BCUT2D eigenvalue weighted by atomic mass is 16.1. The summed E-state index contributed by atoms with van der Waals surface area (Å²) < 4.78 is 0. The van der Waals surface area contributed by atoms with Crippen LogP contribution in [-0.4, -0.2) is 29.0 Å². The Balaban J connectivity index is 1.44. The molecule has 2 heterocycles. The maximum atomic E-state index is 12.6. The van der Waals surface area contributed by atoms with Crippen LogP contribution in [0.5, 0.6) is 0 Å². The van der Waals surface area contributed by atoms with Crippen molar-refractivity contribution in [2.24, 2.45) is 0 Å². The predicted octanol–water partition coefficient (Wildman–Crippen LogP) is 5.39. The van der Waals surface area contributed by atoms with Gasteiger partial charge in [-0.2, -0.15) is 4.98 Å². The van der Waals surface area contributed by atoms with Crippen molar-refractivity contribution in [2.45, 2.75) is 40.0 Å². The molecule has 6 nitrogen and oxygen atoms in total. The SMILES string of the molecule is Cc1ccc(C)c(C(=O)Nc2ccc(Nc3nc(C)cc(N4CCCCC4)n3)cc2)c1. The fourth-order valence-corrected chi connectivity index (χ4v) is 3.84. The second kappa shape index (κ2) is 9.16. The largest absolute Gasteiger partial charge is 0.356 e. The normalized spacial score (nSPS) is 13.7. The first kappa shape index (κ1) is 20.8. The third-order valence-corrected chi connectivity index (χ3v) is 5.56. The zero-order valence-corrected chi connectivity index (χ0v) is 18.4. The summed E-state index contributed by atoms with van der Waals surface area (Å²) in [5.41, 5.74) is 5.28. The number of anilines is 4. The number of rotatable bonds is 5. The van der Waals surface area contributed by atoms with Gasteiger partial charge in [-0.25, -0.2) is 4.98 Å². The van der Waals surface area contributed by atoms with Crippen molar-refractivity contribution in [2.75, 3.05) is 28.6 Å². The summed E-state index contributed by atoms with van der Waals surface area (Å²) in [6.07, 6.45) is 3.71. The van der Waals surface area contributed by atoms with Crippen molar-refractivity contribution >= 4 is 29.0 Å². The molecule has 0 unspecified atom stereocenters. The van der Waals surface area contributed by atoms with E-state index in [4.69, 9.17) is 4.98 Å². The quantitative estimate of drug-likeness (QED) is 0.585. The minimum Gasteiger partial charge on any atom is -0.356 e. The summed E-state index contributed by atoms with van der Waals surface area (Å²) in [6.45, 7) is 8.02. The molecule has 0 atom stereocenters. The van der Waals surface area contributed by atoms with Gasteiger partial charge in [0.15, 0.2) is 0 Å². The van der Waals surface area contributed by atoms with E-state index < -0.39 is 0 Å². The van der Waals surface area contributed by atoms with Crippen LogP contribution < -0.4 is 15.5 Å². The molecule has 1 aromatic heterocycles. The van der Waals surface area contributed by atoms with Crippen LogP contribution in [0, 0.1) is 20.8 Å². The minimum atomic E-state index is -0.102. The van der Waals surface area contributed by atoms with Crippen LogP contribution in [0.15, 0.2) is 48.5 Å². The molecule has 0 spiro atoms. The highest BCUT2D eigenvalue weighted by molar-refractivity contribution is 6.05. The average molecular weight is 416 g/mol. The van der Waals surface area contributed by atoms with Gasteiger partial charge < -0.3 is 15.5 Å². The summed E-state index contributed by atoms with van der Waals surface area (Å²) in [5.74, 6) is 1.47. The van der Waals surface area contributed by atoms with Crippen LogP contribution in [0.25, 0.3) is 0 Å². The van der Waals surface area contributed by atoms with Gasteiger partial charge in [-0.15, -0.1) is 0 Å². The monoisotopic (exact) mass is 415 g/mol. The van der Waals surface area contributed by atoms with E-state index in [1.165, 1.54) is 19.3 Å². The third kappa shape index (κ3) is 5.20. The van der Waals surface area contributed by atoms with Gasteiger partial charge in [0.1, 0.15) is 5.82 Å². The van der Waals surface area contributed by atoms with Crippen LogP contribution in [0.1, 0.15) is 46.4 Å². The van der Waals surface area contributed by atoms with Gasteiger partial charge in [-0.05, 0) is 75.9 Å². The first-order chi connectivity index (χ1) is 15.0. The number of hydrogen-bond acceptors (Lipinski definition) is 5. The van der Waals surface area contributed by atoms with E-state index >= 15 is 0 Å². The smallest absolute Gasteiger partial charge is 0.255 e. The van der Waals surface area contributed by atoms with Gasteiger partial charge in [0.2, 0.25) is 5.95 Å². The molecule has 4 rings (SSSR count). The lowest BCUT2D eigenvalue weighted by Gasteiger charge is -2.28. The zero-order valence-electron chi connectivity index (χ0n) is 18.4.